The molecule has 1 fully saturated rings. The van der Waals surface area contributed by atoms with E-state index in [4.69, 9.17) is 4.74 Å². The van der Waals surface area contributed by atoms with Gasteiger partial charge in [-0.15, -0.1) is 12.4 Å². The number of ketones is 1. The Morgan fingerprint density at radius 3 is 2.43 bits per heavy atom. The predicted molar refractivity (Wildman–Crippen MR) is 88.7 cm³/mol. The molecule has 1 aromatic carbocycles. The fourth-order valence-electron chi connectivity index (χ4n) is 2.60. The molecule has 1 aromatic rings. The van der Waals surface area contributed by atoms with Gasteiger partial charge in [-0.2, -0.15) is 0 Å². The molecule has 0 aromatic heterocycles. The van der Waals surface area contributed by atoms with Gasteiger partial charge >= 0.3 is 0 Å². The first-order chi connectivity index (χ1) is 9.79. The minimum absolute atomic E-state index is 0. The van der Waals surface area contributed by atoms with E-state index in [0.29, 0.717) is 6.42 Å². The van der Waals surface area contributed by atoms with Crippen LogP contribution in [0, 0.1) is 0 Å². The minimum atomic E-state index is 0. The molecule has 118 valence electrons. The van der Waals surface area contributed by atoms with Gasteiger partial charge in [-0.1, -0.05) is 13.3 Å². The molecule has 0 bridgehead atoms. The summed E-state index contributed by atoms with van der Waals surface area (Å²) in [6.45, 7) is 6.25. The van der Waals surface area contributed by atoms with E-state index < -0.39 is 0 Å². The summed E-state index contributed by atoms with van der Waals surface area (Å²) >= 11 is 0. The lowest BCUT2D eigenvalue weighted by Crippen LogP contribution is -2.31. The molecule has 0 saturated carbocycles. The van der Waals surface area contributed by atoms with Crippen molar-refractivity contribution in [2.45, 2.75) is 39.0 Å². The Morgan fingerprint density at radius 1 is 1.14 bits per heavy atom. The van der Waals surface area contributed by atoms with Crippen molar-refractivity contribution < 1.29 is 9.53 Å². The third-order valence-electron chi connectivity index (χ3n) is 3.83. The highest BCUT2D eigenvalue weighted by atomic mass is 35.5. The Balaban J connectivity index is 0.00000220. The van der Waals surface area contributed by atoms with E-state index >= 15 is 0 Å². The molecule has 0 unspecified atom stereocenters. The van der Waals surface area contributed by atoms with E-state index in [1.807, 2.05) is 31.2 Å². The summed E-state index contributed by atoms with van der Waals surface area (Å²) in [4.78, 5) is 14.0. The lowest BCUT2D eigenvalue weighted by molar-refractivity contribution is 0.0988. The van der Waals surface area contributed by atoms with Crippen LogP contribution in [0.1, 0.15) is 49.4 Å². The number of carbonyl (C=O) groups is 1. The number of hydrogen-bond acceptors (Lipinski definition) is 3. The molecule has 1 heterocycles. The first-order valence-corrected chi connectivity index (χ1v) is 7.78. The summed E-state index contributed by atoms with van der Waals surface area (Å²) in [6.07, 6.45) is 5.68. The van der Waals surface area contributed by atoms with Crippen molar-refractivity contribution >= 4 is 18.2 Å². The normalized spacial score (nSPS) is 15.3. The summed E-state index contributed by atoms with van der Waals surface area (Å²) < 4.78 is 5.73. The number of hydrogen-bond donors (Lipinski definition) is 0. The number of halogens is 1. The van der Waals surface area contributed by atoms with Gasteiger partial charge in [0, 0.05) is 18.5 Å². The highest BCUT2D eigenvalue weighted by Crippen LogP contribution is 2.14. The fraction of sp³-hybridized carbons (Fsp3) is 0.588. The lowest BCUT2D eigenvalue weighted by atomic mass is 10.1. The summed E-state index contributed by atoms with van der Waals surface area (Å²) in [5, 5.41) is 0. The van der Waals surface area contributed by atoms with Crippen LogP contribution in [-0.2, 0) is 0 Å². The van der Waals surface area contributed by atoms with Crippen molar-refractivity contribution in [1.82, 2.24) is 4.90 Å². The smallest absolute Gasteiger partial charge is 0.162 e. The van der Waals surface area contributed by atoms with E-state index in [2.05, 4.69) is 4.90 Å². The first-order valence-electron chi connectivity index (χ1n) is 7.78. The topological polar surface area (TPSA) is 29.5 Å². The van der Waals surface area contributed by atoms with Gasteiger partial charge in [0.25, 0.3) is 0 Å². The minimum Gasteiger partial charge on any atom is -0.494 e. The van der Waals surface area contributed by atoms with Gasteiger partial charge < -0.3 is 9.64 Å². The SMILES string of the molecule is CCC(=O)c1ccc(OCCCN2CCCCC2)cc1.Cl. The van der Waals surface area contributed by atoms with Crippen molar-refractivity contribution in [1.29, 1.82) is 0 Å². The molecule has 1 saturated heterocycles. The highest BCUT2D eigenvalue weighted by Gasteiger charge is 2.09. The van der Waals surface area contributed by atoms with Crippen molar-refractivity contribution in [2.24, 2.45) is 0 Å². The number of likely N-dealkylation sites (tertiary alicyclic amines) is 1. The van der Waals surface area contributed by atoms with Crippen molar-refractivity contribution in [2.75, 3.05) is 26.2 Å². The van der Waals surface area contributed by atoms with E-state index in [1.165, 1.54) is 32.4 Å². The summed E-state index contributed by atoms with van der Waals surface area (Å²) in [5.41, 5.74) is 0.771. The summed E-state index contributed by atoms with van der Waals surface area (Å²) in [7, 11) is 0. The second kappa shape index (κ2) is 9.80. The molecule has 0 aliphatic carbocycles. The summed E-state index contributed by atoms with van der Waals surface area (Å²) in [5.74, 6) is 1.04. The monoisotopic (exact) mass is 311 g/mol. The van der Waals surface area contributed by atoms with Gasteiger partial charge in [-0.25, -0.2) is 0 Å². The van der Waals surface area contributed by atoms with Gasteiger partial charge in [0.1, 0.15) is 5.75 Å². The van der Waals surface area contributed by atoms with Gasteiger partial charge in [-0.05, 0) is 56.6 Å². The zero-order valence-electron chi connectivity index (χ0n) is 12.8. The zero-order chi connectivity index (χ0) is 14.2. The third-order valence-corrected chi connectivity index (χ3v) is 3.83. The molecule has 0 spiro atoms. The summed E-state index contributed by atoms with van der Waals surface area (Å²) in [6, 6.07) is 7.49. The second-order valence-electron chi connectivity index (χ2n) is 5.41. The van der Waals surface area contributed by atoms with E-state index in [-0.39, 0.29) is 18.2 Å². The standard InChI is InChI=1S/C17H25NO2.ClH/c1-2-17(19)15-7-9-16(10-8-15)20-14-6-13-18-11-4-3-5-12-18;/h7-10H,2-6,11-14H2,1H3;1H. The van der Waals surface area contributed by atoms with Crippen LogP contribution in [0.5, 0.6) is 5.75 Å². The number of Topliss-reactive ketones (excluding diaryl/α,β-unsaturated/α-hetero) is 1. The van der Waals surface area contributed by atoms with Gasteiger partial charge in [0.2, 0.25) is 0 Å². The Kier molecular flexibility index (Phi) is 8.40. The van der Waals surface area contributed by atoms with Crippen LogP contribution in [-0.4, -0.2) is 36.9 Å². The van der Waals surface area contributed by atoms with Crippen LogP contribution in [0.2, 0.25) is 0 Å². The van der Waals surface area contributed by atoms with Gasteiger partial charge in [0.15, 0.2) is 5.78 Å². The average molecular weight is 312 g/mol. The predicted octanol–water partition coefficient (Wildman–Crippen LogP) is 3.96. The number of carbonyl (C=O) groups excluding carboxylic acids is 1. The maximum Gasteiger partial charge on any atom is 0.162 e. The Hall–Kier alpha value is -1.06. The second-order valence-corrected chi connectivity index (χ2v) is 5.41. The van der Waals surface area contributed by atoms with Crippen molar-refractivity contribution in [3.05, 3.63) is 29.8 Å². The highest BCUT2D eigenvalue weighted by molar-refractivity contribution is 5.95. The van der Waals surface area contributed by atoms with Crippen LogP contribution in [0.25, 0.3) is 0 Å². The molecule has 1 aliphatic rings. The number of rotatable bonds is 7. The molecule has 2 rings (SSSR count). The maximum absolute atomic E-state index is 11.5. The number of benzene rings is 1. The molecular formula is C17H26ClNO2. The lowest BCUT2D eigenvalue weighted by Gasteiger charge is -2.26. The Morgan fingerprint density at radius 2 is 1.81 bits per heavy atom. The molecule has 0 radical (unpaired) electrons. The third kappa shape index (κ3) is 6.06. The van der Waals surface area contributed by atoms with Crippen LogP contribution in [0.4, 0.5) is 0 Å². The Bertz CT molecular complexity index is 413. The molecule has 3 nitrogen and oxygen atoms in total. The number of ether oxygens (including phenoxy) is 1. The fourth-order valence-corrected chi connectivity index (χ4v) is 2.60. The van der Waals surface area contributed by atoms with E-state index in [9.17, 15) is 4.79 Å². The van der Waals surface area contributed by atoms with E-state index in [1.54, 1.807) is 0 Å². The van der Waals surface area contributed by atoms with Crippen LogP contribution in [0.3, 0.4) is 0 Å². The quantitative estimate of drug-likeness (QED) is 0.564. The largest absolute Gasteiger partial charge is 0.494 e. The molecule has 1 aliphatic heterocycles. The number of piperidine rings is 1. The van der Waals surface area contributed by atoms with Crippen LogP contribution < -0.4 is 4.74 Å². The van der Waals surface area contributed by atoms with E-state index in [0.717, 1.165) is 30.9 Å². The molecule has 0 amide bonds. The zero-order valence-corrected chi connectivity index (χ0v) is 13.7. The molecule has 4 heteroatoms. The molecule has 0 atom stereocenters. The maximum atomic E-state index is 11.5. The average Bonchev–Trinajstić information content (AvgIpc) is 2.52. The first kappa shape index (κ1) is 18.0. The van der Waals surface area contributed by atoms with Crippen molar-refractivity contribution in [3.8, 4) is 5.75 Å². The number of nitrogens with zero attached hydrogens (tertiary/aromatic N) is 1. The molecule has 21 heavy (non-hydrogen) atoms. The Labute approximate surface area is 134 Å². The molecule has 0 N–H and O–H groups in total. The van der Waals surface area contributed by atoms with Crippen LogP contribution >= 0.6 is 12.4 Å². The van der Waals surface area contributed by atoms with Gasteiger partial charge in [-0.3, -0.25) is 4.79 Å². The van der Waals surface area contributed by atoms with Crippen molar-refractivity contribution in [3.63, 3.8) is 0 Å². The van der Waals surface area contributed by atoms with Gasteiger partial charge in [0.05, 0.1) is 6.61 Å². The van der Waals surface area contributed by atoms with Crippen LogP contribution in [0.15, 0.2) is 24.3 Å². The molecular weight excluding hydrogens is 286 g/mol.